The molecule has 2 aromatic carbocycles. The first kappa shape index (κ1) is 16.4. The molecular formula is C17H18N4O2S. The van der Waals surface area contributed by atoms with Crippen LogP contribution >= 0.6 is 0 Å². The molecule has 0 aliphatic heterocycles. The maximum atomic E-state index is 12.4. The number of aryl methyl sites for hydroxylation is 1. The number of nitrogens with zero attached hydrogens (tertiary/aromatic N) is 3. The van der Waals surface area contributed by atoms with Gasteiger partial charge in [0, 0.05) is 6.04 Å². The molecule has 3 aromatic rings. The van der Waals surface area contributed by atoms with Gasteiger partial charge in [0.15, 0.2) is 0 Å². The molecule has 3 rings (SSSR count). The second-order valence-corrected chi connectivity index (χ2v) is 7.30. The van der Waals surface area contributed by atoms with E-state index in [4.69, 9.17) is 0 Å². The number of hydrogen-bond donors (Lipinski definition) is 1. The summed E-state index contributed by atoms with van der Waals surface area (Å²) in [5.74, 6) is 0. The van der Waals surface area contributed by atoms with E-state index in [-0.39, 0.29) is 10.9 Å². The minimum absolute atomic E-state index is 0.263. The molecule has 0 saturated carbocycles. The lowest BCUT2D eigenvalue weighted by Gasteiger charge is -2.15. The van der Waals surface area contributed by atoms with Crippen LogP contribution < -0.4 is 4.72 Å². The van der Waals surface area contributed by atoms with Crippen LogP contribution in [0.15, 0.2) is 66.1 Å². The summed E-state index contributed by atoms with van der Waals surface area (Å²) in [5.41, 5.74) is 2.75. The topological polar surface area (TPSA) is 76.9 Å². The van der Waals surface area contributed by atoms with Crippen molar-refractivity contribution in [1.29, 1.82) is 0 Å². The van der Waals surface area contributed by atoms with Crippen LogP contribution in [0.2, 0.25) is 0 Å². The third kappa shape index (κ3) is 3.52. The SMILES string of the molecule is Cc1ccc(S(=O)(=O)N[C@@H](C)c2ccc(-n3cncn3)cc2)cc1. The standard InChI is InChI=1S/C17H18N4O2S/c1-13-3-9-17(10-4-13)24(22,23)20-14(2)15-5-7-16(8-6-15)21-12-18-11-19-21/h3-12,14,20H,1-2H3/t14-/m0/s1. The number of rotatable bonds is 5. The van der Waals surface area contributed by atoms with Crippen molar-refractivity contribution in [2.24, 2.45) is 0 Å². The lowest BCUT2D eigenvalue weighted by atomic mass is 10.1. The van der Waals surface area contributed by atoms with E-state index in [0.717, 1.165) is 16.8 Å². The Bertz CT molecular complexity index is 902. The van der Waals surface area contributed by atoms with E-state index in [2.05, 4.69) is 14.8 Å². The second-order valence-electron chi connectivity index (χ2n) is 5.59. The molecule has 1 atom stereocenters. The smallest absolute Gasteiger partial charge is 0.223 e. The maximum absolute atomic E-state index is 12.4. The van der Waals surface area contributed by atoms with E-state index >= 15 is 0 Å². The summed E-state index contributed by atoms with van der Waals surface area (Å²) in [5, 5.41) is 4.06. The summed E-state index contributed by atoms with van der Waals surface area (Å²) in [6.45, 7) is 3.74. The van der Waals surface area contributed by atoms with Crippen molar-refractivity contribution in [1.82, 2.24) is 19.5 Å². The maximum Gasteiger partial charge on any atom is 0.241 e. The summed E-state index contributed by atoms with van der Waals surface area (Å²) in [6.07, 6.45) is 3.07. The fourth-order valence-corrected chi connectivity index (χ4v) is 3.58. The Morgan fingerprint density at radius 3 is 2.29 bits per heavy atom. The van der Waals surface area contributed by atoms with Gasteiger partial charge in [-0.2, -0.15) is 5.10 Å². The monoisotopic (exact) mass is 342 g/mol. The van der Waals surface area contributed by atoms with E-state index < -0.39 is 10.0 Å². The van der Waals surface area contributed by atoms with E-state index in [0.29, 0.717) is 0 Å². The Balaban J connectivity index is 1.76. The molecule has 6 nitrogen and oxygen atoms in total. The summed E-state index contributed by atoms with van der Waals surface area (Å²) in [7, 11) is -3.56. The molecule has 1 N–H and O–H groups in total. The third-order valence-corrected chi connectivity index (χ3v) is 5.30. The van der Waals surface area contributed by atoms with Gasteiger partial charge in [-0.3, -0.25) is 0 Å². The van der Waals surface area contributed by atoms with E-state index in [1.807, 2.05) is 38.1 Å². The molecule has 1 aromatic heterocycles. The highest BCUT2D eigenvalue weighted by Gasteiger charge is 2.18. The number of hydrogen-bond acceptors (Lipinski definition) is 4. The molecule has 0 radical (unpaired) electrons. The molecule has 24 heavy (non-hydrogen) atoms. The van der Waals surface area contributed by atoms with Gasteiger partial charge in [0.25, 0.3) is 0 Å². The van der Waals surface area contributed by atoms with E-state index in [1.165, 1.54) is 6.33 Å². The van der Waals surface area contributed by atoms with Crippen LogP contribution in [-0.4, -0.2) is 23.2 Å². The van der Waals surface area contributed by atoms with Crippen molar-refractivity contribution in [3.05, 3.63) is 72.3 Å². The lowest BCUT2D eigenvalue weighted by molar-refractivity contribution is 0.567. The Kier molecular flexibility index (Phi) is 4.46. The summed E-state index contributed by atoms with van der Waals surface area (Å²) < 4.78 is 29.2. The van der Waals surface area contributed by atoms with Crippen molar-refractivity contribution in [2.75, 3.05) is 0 Å². The minimum atomic E-state index is -3.56. The van der Waals surface area contributed by atoms with E-state index in [1.54, 1.807) is 35.3 Å². The predicted molar refractivity (Wildman–Crippen MR) is 91.3 cm³/mol. The number of nitrogens with one attached hydrogen (secondary N) is 1. The zero-order chi connectivity index (χ0) is 17.2. The van der Waals surface area contributed by atoms with Crippen LogP contribution in [0.25, 0.3) is 5.69 Å². The summed E-state index contributed by atoms with van der Waals surface area (Å²) in [6, 6.07) is 13.9. The lowest BCUT2D eigenvalue weighted by Crippen LogP contribution is -2.26. The summed E-state index contributed by atoms with van der Waals surface area (Å²) >= 11 is 0. The Hall–Kier alpha value is -2.51. The van der Waals surface area contributed by atoms with Gasteiger partial charge >= 0.3 is 0 Å². The van der Waals surface area contributed by atoms with Crippen molar-refractivity contribution in [3.63, 3.8) is 0 Å². The van der Waals surface area contributed by atoms with E-state index in [9.17, 15) is 8.42 Å². The van der Waals surface area contributed by atoms with Crippen LogP contribution in [0.3, 0.4) is 0 Å². The molecule has 0 aliphatic carbocycles. The van der Waals surface area contributed by atoms with Crippen molar-refractivity contribution >= 4 is 10.0 Å². The largest absolute Gasteiger partial charge is 0.241 e. The van der Waals surface area contributed by atoms with Crippen molar-refractivity contribution < 1.29 is 8.42 Å². The van der Waals surface area contributed by atoms with Gasteiger partial charge in [-0.25, -0.2) is 22.8 Å². The zero-order valence-electron chi connectivity index (χ0n) is 13.4. The fourth-order valence-electron chi connectivity index (χ4n) is 2.34. The molecule has 1 heterocycles. The number of benzene rings is 2. The molecule has 7 heteroatoms. The first-order valence-electron chi connectivity index (χ1n) is 7.50. The van der Waals surface area contributed by atoms with Gasteiger partial charge in [-0.1, -0.05) is 29.8 Å². The van der Waals surface area contributed by atoms with Crippen LogP contribution in [0.4, 0.5) is 0 Å². The highest BCUT2D eigenvalue weighted by molar-refractivity contribution is 7.89. The zero-order valence-corrected chi connectivity index (χ0v) is 14.2. The molecule has 0 saturated heterocycles. The van der Waals surface area contributed by atoms with Crippen LogP contribution in [0, 0.1) is 6.92 Å². The Labute approximate surface area is 141 Å². The van der Waals surface area contributed by atoms with Crippen molar-refractivity contribution in [3.8, 4) is 5.69 Å². The predicted octanol–water partition coefficient (Wildman–Crippen LogP) is 2.62. The Morgan fingerprint density at radius 2 is 1.71 bits per heavy atom. The van der Waals surface area contributed by atoms with Gasteiger partial charge in [0.05, 0.1) is 10.6 Å². The molecule has 0 bridgehead atoms. The second kappa shape index (κ2) is 6.54. The number of aromatic nitrogens is 3. The number of sulfonamides is 1. The van der Waals surface area contributed by atoms with Gasteiger partial charge in [-0.15, -0.1) is 0 Å². The first-order valence-corrected chi connectivity index (χ1v) is 8.98. The molecule has 0 fully saturated rings. The highest BCUT2D eigenvalue weighted by Crippen LogP contribution is 2.18. The van der Waals surface area contributed by atoms with Crippen LogP contribution in [-0.2, 0) is 10.0 Å². The normalized spacial score (nSPS) is 12.9. The van der Waals surface area contributed by atoms with Crippen molar-refractivity contribution in [2.45, 2.75) is 24.8 Å². The average Bonchev–Trinajstić information content (AvgIpc) is 3.09. The fraction of sp³-hybridized carbons (Fsp3) is 0.176. The first-order chi connectivity index (χ1) is 11.5. The summed E-state index contributed by atoms with van der Waals surface area (Å²) in [4.78, 5) is 4.17. The molecule has 0 spiro atoms. The quantitative estimate of drug-likeness (QED) is 0.773. The van der Waals surface area contributed by atoms with Gasteiger partial charge in [-0.05, 0) is 43.7 Å². The van der Waals surface area contributed by atoms with Gasteiger partial charge in [0.2, 0.25) is 10.0 Å². The molecule has 124 valence electrons. The Morgan fingerprint density at radius 1 is 1.04 bits per heavy atom. The molecule has 0 amide bonds. The minimum Gasteiger partial charge on any atom is -0.223 e. The van der Waals surface area contributed by atoms with Gasteiger partial charge < -0.3 is 0 Å². The van der Waals surface area contributed by atoms with Crippen LogP contribution in [0.1, 0.15) is 24.1 Å². The van der Waals surface area contributed by atoms with Crippen LogP contribution in [0.5, 0.6) is 0 Å². The average molecular weight is 342 g/mol. The molecular weight excluding hydrogens is 324 g/mol. The molecule has 0 unspecified atom stereocenters. The third-order valence-electron chi connectivity index (χ3n) is 3.74. The molecule has 0 aliphatic rings. The van der Waals surface area contributed by atoms with Gasteiger partial charge in [0.1, 0.15) is 12.7 Å². The highest BCUT2D eigenvalue weighted by atomic mass is 32.2.